The molecule has 0 radical (unpaired) electrons. The fourth-order valence-electron chi connectivity index (χ4n) is 2.02. The molecule has 1 atom stereocenters. The predicted molar refractivity (Wildman–Crippen MR) is 102 cm³/mol. The largest absolute Gasteiger partial charge is 0.462 e. The van der Waals surface area contributed by atoms with Gasteiger partial charge in [0.05, 0.1) is 6.61 Å². The number of carbonyl (C=O) groups is 1. The summed E-state index contributed by atoms with van der Waals surface area (Å²) in [5, 5.41) is 18.7. The molecule has 0 N–H and O–H groups in total. The van der Waals surface area contributed by atoms with Crippen LogP contribution in [0.4, 0.5) is 0 Å². The van der Waals surface area contributed by atoms with Gasteiger partial charge in [0.2, 0.25) is 6.79 Å². The first kappa shape index (κ1) is 22.4. The molecule has 1 unspecified atom stereocenters. The summed E-state index contributed by atoms with van der Waals surface area (Å²) >= 11 is 0. The molecule has 0 fully saturated rings. The van der Waals surface area contributed by atoms with Crippen LogP contribution in [0.5, 0.6) is 11.5 Å². The molecule has 14 heteroatoms. The molecule has 1 heterocycles. The van der Waals surface area contributed by atoms with E-state index in [0.717, 1.165) is 21.6 Å². The lowest BCUT2D eigenvalue weighted by atomic mass is 10.2. The Balaban J connectivity index is 2.04. The second kappa shape index (κ2) is 11.2. The Bertz CT molecular complexity index is 788. The Morgan fingerprint density at radius 2 is 2.03 bits per heavy atom. The number of hydrogen-bond donors (Lipinski definition) is 0. The number of hydrogen-bond acceptors (Lipinski definition) is 12. The number of fused-ring (bicyclic) bond motifs is 1. The summed E-state index contributed by atoms with van der Waals surface area (Å²) in [6.07, 6.45) is 0.371. The molecule has 0 spiro atoms. The van der Waals surface area contributed by atoms with E-state index in [2.05, 4.69) is 9.68 Å². The van der Waals surface area contributed by atoms with Gasteiger partial charge in [-0.1, -0.05) is 27.7 Å². The first-order valence-electron chi connectivity index (χ1n) is 8.05. The maximum atomic E-state index is 12.2. The van der Waals surface area contributed by atoms with Gasteiger partial charge in [0.1, 0.15) is 17.6 Å². The van der Waals surface area contributed by atoms with Crippen molar-refractivity contribution in [3.63, 3.8) is 0 Å². The van der Waals surface area contributed by atoms with E-state index in [9.17, 15) is 25.0 Å². The van der Waals surface area contributed by atoms with Crippen molar-refractivity contribution in [3.8, 4) is 11.5 Å². The molecule has 0 saturated heterocycles. The van der Waals surface area contributed by atoms with Gasteiger partial charge in [-0.05, 0) is 30.7 Å². The Hall–Kier alpha value is -2.87. The molecule has 158 valence electrons. The standard InChI is InChI=1S/C15H16N2O10S2/c1-2-23-15(18)14(6-10-3-4-12-13(5-10)25-9-24-12)29-28-8-11(27-17(21)22)7-26-16(19)20/h3-6,11H,2,7-9H2,1H3/b14-6-. The van der Waals surface area contributed by atoms with Gasteiger partial charge in [-0.2, -0.15) is 0 Å². The molecule has 1 aliphatic heterocycles. The SMILES string of the molecule is CCOC(=O)/C(=C/c1ccc2c(c1)OCO2)SSCC(CO[N+](=O)[O-])O[N+](=O)[O-]. The summed E-state index contributed by atoms with van der Waals surface area (Å²) in [6.45, 7) is 1.31. The van der Waals surface area contributed by atoms with Crippen molar-refractivity contribution in [2.45, 2.75) is 13.0 Å². The number of carbonyl (C=O) groups excluding carboxylic acids is 1. The van der Waals surface area contributed by atoms with Crippen LogP contribution in [-0.4, -0.2) is 48.0 Å². The number of benzene rings is 1. The number of esters is 1. The van der Waals surface area contributed by atoms with Crippen molar-refractivity contribution in [3.05, 3.63) is 48.9 Å². The van der Waals surface area contributed by atoms with Crippen LogP contribution in [0, 0.1) is 20.2 Å². The van der Waals surface area contributed by atoms with E-state index in [1.54, 1.807) is 31.2 Å². The highest BCUT2D eigenvalue weighted by atomic mass is 33.1. The molecule has 29 heavy (non-hydrogen) atoms. The highest BCUT2D eigenvalue weighted by molar-refractivity contribution is 8.78. The zero-order chi connectivity index (χ0) is 21.2. The van der Waals surface area contributed by atoms with Crippen molar-refractivity contribution in [2.75, 3.05) is 25.8 Å². The van der Waals surface area contributed by atoms with Crippen molar-refractivity contribution in [1.29, 1.82) is 0 Å². The number of nitrogens with zero attached hydrogens (tertiary/aromatic N) is 2. The molecule has 1 aliphatic rings. The van der Waals surface area contributed by atoms with E-state index < -0.39 is 28.9 Å². The normalized spacial score (nSPS) is 13.5. The van der Waals surface area contributed by atoms with Crippen LogP contribution in [0.2, 0.25) is 0 Å². The van der Waals surface area contributed by atoms with E-state index in [1.165, 1.54) is 0 Å². The van der Waals surface area contributed by atoms with Gasteiger partial charge in [-0.25, -0.2) is 4.79 Å². The lowest BCUT2D eigenvalue weighted by Gasteiger charge is -2.13. The van der Waals surface area contributed by atoms with Crippen LogP contribution in [0.15, 0.2) is 23.1 Å². The quantitative estimate of drug-likeness (QED) is 0.152. The van der Waals surface area contributed by atoms with Gasteiger partial charge >= 0.3 is 5.97 Å². The van der Waals surface area contributed by atoms with Gasteiger partial charge in [-0.3, -0.25) is 0 Å². The summed E-state index contributed by atoms with van der Waals surface area (Å²) in [5.41, 5.74) is 0.653. The van der Waals surface area contributed by atoms with Crippen LogP contribution in [0.25, 0.3) is 6.08 Å². The third kappa shape index (κ3) is 7.57. The van der Waals surface area contributed by atoms with Crippen molar-refractivity contribution in [2.24, 2.45) is 0 Å². The van der Waals surface area contributed by atoms with E-state index >= 15 is 0 Å². The van der Waals surface area contributed by atoms with Crippen molar-refractivity contribution in [1.82, 2.24) is 0 Å². The first-order valence-corrected chi connectivity index (χ1v) is 10.4. The molecule has 1 aromatic rings. The van der Waals surface area contributed by atoms with Gasteiger partial charge in [-0.15, -0.1) is 20.2 Å². The van der Waals surface area contributed by atoms with Crippen molar-refractivity contribution < 1.29 is 38.9 Å². The highest BCUT2D eigenvalue weighted by Crippen LogP contribution is 2.36. The Morgan fingerprint density at radius 3 is 2.72 bits per heavy atom. The summed E-state index contributed by atoms with van der Waals surface area (Å²) in [4.78, 5) is 41.7. The highest BCUT2D eigenvalue weighted by Gasteiger charge is 2.19. The summed E-state index contributed by atoms with van der Waals surface area (Å²) < 4.78 is 15.5. The third-order valence-electron chi connectivity index (χ3n) is 3.17. The van der Waals surface area contributed by atoms with Gasteiger partial charge in [0.15, 0.2) is 11.5 Å². The Labute approximate surface area is 172 Å². The average molecular weight is 448 g/mol. The molecule has 0 bridgehead atoms. The number of rotatable bonds is 12. The van der Waals surface area contributed by atoms with E-state index in [4.69, 9.17) is 14.2 Å². The molecule has 2 rings (SSSR count). The maximum Gasteiger partial charge on any atom is 0.345 e. The summed E-state index contributed by atoms with van der Waals surface area (Å²) in [7, 11) is 2.01. The fourth-order valence-corrected chi connectivity index (χ4v) is 4.23. The van der Waals surface area contributed by atoms with E-state index in [1.807, 2.05) is 0 Å². The van der Waals surface area contributed by atoms with E-state index in [-0.39, 0.29) is 24.1 Å². The molecule has 12 nitrogen and oxygen atoms in total. The lowest BCUT2D eigenvalue weighted by Crippen LogP contribution is -2.26. The van der Waals surface area contributed by atoms with Crippen molar-refractivity contribution >= 4 is 33.6 Å². The Morgan fingerprint density at radius 1 is 1.28 bits per heavy atom. The fraction of sp³-hybridized carbons (Fsp3) is 0.400. The van der Waals surface area contributed by atoms with Crippen LogP contribution < -0.4 is 9.47 Å². The monoisotopic (exact) mass is 448 g/mol. The average Bonchev–Trinajstić information content (AvgIpc) is 3.12. The molecule has 0 saturated carbocycles. The molecule has 1 aromatic carbocycles. The minimum absolute atomic E-state index is 0.0582. The smallest absolute Gasteiger partial charge is 0.345 e. The minimum atomic E-state index is -1.19. The van der Waals surface area contributed by atoms with Crippen LogP contribution in [-0.2, 0) is 19.2 Å². The van der Waals surface area contributed by atoms with Crippen LogP contribution in [0.3, 0.4) is 0 Å². The predicted octanol–water partition coefficient (Wildman–Crippen LogP) is 2.49. The zero-order valence-corrected chi connectivity index (χ0v) is 16.6. The first-order chi connectivity index (χ1) is 13.9. The molecular formula is C15H16N2O10S2. The van der Waals surface area contributed by atoms with Crippen LogP contribution >= 0.6 is 21.6 Å². The van der Waals surface area contributed by atoms with E-state index in [0.29, 0.717) is 17.1 Å². The number of ether oxygens (including phenoxy) is 3. The lowest BCUT2D eigenvalue weighted by molar-refractivity contribution is -0.788. The zero-order valence-electron chi connectivity index (χ0n) is 15.0. The summed E-state index contributed by atoms with van der Waals surface area (Å²) in [6, 6.07) is 5.11. The third-order valence-corrected chi connectivity index (χ3v) is 5.56. The second-order valence-electron chi connectivity index (χ2n) is 5.18. The van der Waals surface area contributed by atoms with Gasteiger partial charge < -0.3 is 23.9 Å². The van der Waals surface area contributed by atoms with Gasteiger partial charge in [0.25, 0.3) is 10.2 Å². The molecule has 0 aliphatic carbocycles. The second-order valence-corrected chi connectivity index (χ2v) is 7.56. The van der Waals surface area contributed by atoms with Gasteiger partial charge in [0, 0.05) is 5.75 Å². The Kier molecular flexibility index (Phi) is 8.67. The van der Waals surface area contributed by atoms with Crippen LogP contribution in [0.1, 0.15) is 12.5 Å². The summed E-state index contributed by atoms with van der Waals surface area (Å²) in [5.74, 6) is 0.483. The minimum Gasteiger partial charge on any atom is -0.462 e. The topological polar surface area (TPSA) is 150 Å². The maximum absolute atomic E-state index is 12.2. The molecule has 0 amide bonds. The molecule has 0 aromatic heterocycles. The molecular weight excluding hydrogens is 432 g/mol.